The molecule has 1 aromatic heterocycles. The zero-order valence-electron chi connectivity index (χ0n) is 15.4. The van der Waals surface area contributed by atoms with Crippen molar-refractivity contribution in [2.45, 2.75) is 12.8 Å². The van der Waals surface area contributed by atoms with Gasteiger partial charge in [-0.05, 0) is 34.0 Å². The predicted molar refractivity (Wildman–Crippen MR) is 116 cm³/mol. The van der Waals surface area contributed by atoms with E-state index in [9.17, 15) is 9.59 Å². The molecule has 4 aromatic rings. The number of hydrogen-bond acceptors (Lipinski definition) is 4. The van der Waals surface area contributed by atoms with Gasteiger partial charge in [-0.15, -0.1) is 11.3 Å². The van der Waals surface area contributed by atoms with Crippen molar-refractivity contribution in [3.63, 3.8) is 0 Å². The zero-order chi connectivity index (χ0) is 19.8. The molecule has 0 aliphatic carbocycles. The Labute approximate surface area is 171 Å². The molecule has 3 aromatic carbocycles. The van der Waals surface area contributed by atoms with Crippen molar-refractivity contribution < 1.29 is 9.59 Å². The van der Waals surface area contributed by atoms with E-state index in [1.54, 1.807) is 0 Å². The topological polar surface area (TPSA) is 71.1 Å². The van der Waals surface area contributed by atoms with Gasteiger partial charge in [-0.1, -0.05) is 48.5 Å². The smallest absolute Gasteiger partial charge is 0.230 e. The lowest BCUT2D eigenvalue weighted by molar-refractivity contribution is -0.116. The number of amides is 2. The fourth-order valence-corrected chi connectivity index (χ4v) is 4.37. The summed E-state index contributed by atoms with van der Waals surface area (Å²) in [5, 5.41) is 10.4. The molecular weight excluding hydrogens is 382 g/mol. The van der Waals surface area contributed by atoms with Crippen LogP contribution in [0.4, 0.5) is 10.8 Å². The van der Waals surface area contributed by atoms with Crippen LogP contribution in [0.1, 0.15) is 11.1 Å². The molecule has 0 bridgehead atoms. The Hall–Kier alpha value is -3.51. The van der Waals surface area contributed by atoms with Crippen molar-refractivity contribution >= 4 is 44.7 Å². The van der Waals surface area contributed by atoms with Gasteiger partial charge in [0.2, 0.25) is 11.8 Å². The Morgan fingerprint density at radius 2 is 1.97 bits per heavy atom. The number of anilines is 2. The minimum Gasteiger partial charge on any atom is -0.326 e. The molecule has 5 rings (SSSR count). The Bertz CT molecular complexity index is 1260. The van der Waals surface area contributed by atoms with Crippen LogP contribution in [0, 0.1) is 0 Å². The first kappa shape index (κ1) is 17.6. The molecule has 1 aliphatic rings. The highest BCUT2D eigenvalue weighted by atomic mass is 32.1. The van der Waals surface area contributed by atoms with E-state index < -0.39 is 0 Å². The highest BCUT2D eigenvalue weighted by Crippen LogP contribution is 2.31. The minimum atomic E-state index is -0.0917. The third-order valence-corrected chi connectivity index (χ3v) is 5.77. The van der Waals surface area contributed by atoms with Crippen LogP contribution >= 0.6 is 11.3 Å². The third-order valence-electron chi connectivity index (χ3n) is 5.01. The van der Waals surface area contributed by atoms with Crippen LogP contribution < -0.4 is 10.6 Å². The van der Waals surface area contributed by atoms with Crippen molar-refractivity contribution in [2.75, 3.05) is 10.6 Å². The van der Waals surface area contributed by atoms with Crippen LogP contribution in [0.25, 0.3) is 22.0 Å². The van der Waals surface area contributed by atoms with E-state index in [4.69, 9.17) is 0 Å². The Morgan fingerprint density at radius 3 is 2.90 bits per heavy atom. The number of benzene rings is 3. The van der Waals surface area contributed by atoms with E-state index in [2.05, 4.69) is 15.6 Å². The minimum absolute atomic E-state index is 0.0109. The summed E-state index contributed by atoms with van der Waals surface area (Å²) in [6.45, 7) is 0. The van der Waals surface area contributed by atoms with Crippen LogP contribution in [-0.2, 0) is 22.4 Å². The predicted octanol–water partition coefficient (Wildman–Crippen LogP) is 4.64. The molecule has 0 saturated heterocycles. The van der Waals surface area contributed by atoms with E-state index in [1.807, 2.05) is 66.0 Å². The van der Waals surface area contributed by atoms with Crippen molar-refractivity contribution in [3.8, 4) is 11.3 Å². The second kappa shape index (κ2) is 7.14. The molecule has 142 valence electrons. The van der Waals surface area contributed by atoms with Crippen molar-refractivity contribution in [1.29, 1.82) is 0 Å². The Kier molecular flexibility index (Phi) is 4.33. The number of thiazole rings is 1. The van der Waals surface area contributed by atoms with E-state index in [-0.39, 0.29) is 11.8 Å². The van der Waals surface area contributed by atoms with E-state index in [0.29, 0.717) is 18.0 Å². The molecule has 0 atom stereocenters. The number of nitrogens with one attached hydrogen (secondary N) is 2. The summed E-state index contributed by atoms with van der Waals surface area (Å²) in [5.74, 6) is -0.0807. The van der Waals surface area contributed by atoms with Gasteiger partial charge < -0.3 is 10.6 Å². The summed E-state index contributed by atoms with van der Waals surface area (Å²) in [7, 11) is 0. The largest absolute Gasteiger partial charge is 0.326 e. The normalized spacial score (nSPS) is 12.6. The van der Waals surface area contributed by atoms with Gasteiger partial charge in [-0.3, -0.25) is 9.59 Å². The number of carbonyl (C=O) groups is 2. The molecule has 6 heteroatoms. The van der Waals surface area contributed by atoms with Gasteiger partial charge >= 0.3 is 0 Å². The Morgan fingerprint density at radius 1 is 1.10 bits per heavy atom. The Balaban J connectivity index is 1.32. The van der Waals surface area contributed by atoms with E-state index in [0.717, 1.165) is 38.8 Å². The number of hydrogen-bond donors (Lipinski definition) is 2. The van der Waals surface area contributed by atoms with Gasteiger partial charge in [-0.25, -0.2) is 4.98 Å². The molecule has 0 unspecified atom stereocenters. The zero-order valence-corrected chi connectivity index (χ0v) is 16.3. The average Bonchev–Trinajstić information content (AvgIpc) is 3.33. The molecule has 29 heavy (non-hydrogen) atoms. The number of fused-ring (bicyclic) bond motifs is 2. The fourth-order valence-electron chi connectivity index (χ4n) is 3.64. The third kappa shape index (κ3) is 3.50. The standard InChI is InChI=1S/C23H17N3O2S/c27-21-12-17-10-16(8-9-19(17)24-21)20-13-29-23(25-20)26-22(28)11-15-6-3-5-14-4-1-2-7-18(14)15/h1-10,13H,11-12H2,(H,24,27)(H,25,26,28). The van der Waals surface area contributed by atoms with Crippen LogP contribution in [0.5, 0.6) is 0 Å². The number of aromatic nitrogens is 1. The van der Waals surface area contributed by atoms with Crippen LogP contribution in [0.3, 0.4) is 0 Å². The molecule has 0 spiro atoms. The highest BCUT2D eigenvalue weighted by Gasteiger charge is 2.18. The first-order valence-corrected chi connectivity index (χ1v) is 10.2. The van der Waals surface area contributed by atoms with Crippen molar-refractivity contribution in [1.82, 2.24) is 4.98 Å². The van der Waals surface area contributed by atoms with Gasteiger partial charge in [-0.2, -0.15) is 0 Å². The lowest BCUT2D eigenvalue weighted by Crippen LogP contribution is -2.14. The second-order valence-corrected chi connectivity index (χ2v) is 7.86. The average molecular weight is 399 g/mol. The quantitative estimate of drug-likeness (QED) is 0.525. The van der Waals surface area contributed by atoms with Crippen LogP contribution in [-0.4, -0.2) is 16.8 Å². The number of rotatable bonds is 4. The lowest BCUT2D eigenvalue weighted by atomic mass is 10.0. The van der Waals surface area contributed by atoms with E-state index in [1.165, 1.54) is 11.3 Å². The maximum atomic E-state index is 12.6. The van der Waals surface area contributed by atoms with Gasteiger partial charge in [0.05, 0.1) is 18.5 Å². The monoisotopic (exact) mass is 399 g/mol. The summed E-state index contributed by atoms with van der Waals surface area (Å²) in [4.78, 5) is 28.7. The lowest BCUT2D eigenvalue weighted by Gasteiger charge is -2.06. The molecule has 5 nitrogen and oxygen atoms in total. The van der Waals surface area contributed by atoms with Gasteiger partial charge in [0.15, 0.2) is 5.13 Å². The van der Waals surface area contributed by atoms with Crippen LogP contribution in [0.15, 0.2) is 66.0 Å². The molecule has 1 aliphatic heterocycles. The summed E-state index contributed by atoms with van der Waals surface area (Å²) < 4.78 is 0. The fraction of sp³-hybridized carbons (Fsp3) is 0.0870. The summed E-state index contributed by atoms with van der Waals surface area (Å²) in [6.07, 6.45) is 0.685. The maximum absolute atomic E-state index is 12.6. The molecule has 0 fully saturated rings. The summed E-state index contributed by atoms with van der Waals surface area (Å²) in [5.41, 5.74) is 4.55. The van der Waals surface area contributed by atoms with Gasteiger partial charge in [0, 0.05) is 16.6 Å². The molecular formula is C23H17N3O2S. The SMILES string of the molecule is O=C(Cc1cccc2ccccc12)Nc1nc(-c2ccc3c(c2)CC(=O)N3)cs1. The highest BCUT2D eigenvalue weighted by molar-refractivity contribution is 7.14. The van der Waals surface area contributed by atoms with Gasteiger partial charge in [0.25, 0.3) is 0 Å². The molecule has 2 heterocycles. The van der Waals surface area contributed by atoms with Crippen LogP contribution in [0.2, 0.25) is 0 Å². The maximum Gasteiger partial charge on any atom is 0.230 e. The molecule has 0 saturated carbocycles. The molecule has 2 amide bonds. The molecule has 0 radical (unpaired) electrons. The number of carbonyl (C=O) groups excluding carboxylic acids is 2. The first-order chi connectivity index (χ1) is 14.2. The second-order valence-electron chi connectivity index (χ2n) is 7.00. The van der Waals surface area contributed by atoms with Gasteiger partial charge in [0.1, 0.15) is 0 Å². The van der Waals surface area contributed by atoms with Crippen molar-refractivity contribution in [3.05, 3.63) is 77.2 Å². The summed E-state index contributed by atoms with van der Waals surface area (Å²) in [6, 6.07) is 19.9. The van der Waals surface area contributed by atoms with E-state index >= 15 is 0 Å². The first-order valence-electron chi connectivity index (χ1n) is 9.31. The number of nitrogens with zero attached hydrogens (tertiary/aromatic N) is 1. The molecule has 2 N–H and O–H groups in total. The summed E-state index contributed by atoms with van der Waals surface area (Å²) >= 11 is 1.40. The van der Waals surface area contributed by atoms with Crippen molar-refractivity contribution in [2.24, 2.45) is 0 Å².